The number of benzene rings is 2. The van der Waals surface area contributed by atoms with Crippen LogP contribution in [0.4, 0.5) is 5.69 Å². The second-order valence-electron chi connectivity index (χ2n) is 6.14. The molecule has 1 amide bonds. The Bertz CT molecular complexity index is 801. The molecule has 0 spiro atoms. The molecule has 1 aliphatic heterocycles. The fourth-order valence-corrected chi connectivity index (χ4v) is 3.22. The number of hydrogen-bond acceptors (Lipinski definition) is 3. The van der Waals surface area contributed by atoms with Gasteiger partial charge in [-0.1, -0.05) is 38.1 Å². The Morgan fingerprint density at radius 3 is 2.71 bits per heavy atom. The molecule has 24 heavy (non-hydrogen) atoms. The van der Waals surface area contributed by atoms with Gasteiger partial charge in [-0.2, -0.15) is 0 Å². The van der Waals surface area contributed by atoms with E-state index in [1.54, 1.807) is 6.07 Å². The molecule has 1 unspecified atom stereocenters. The lowest BCUT2D eigenvalue weighted by molar-refractivity contribution is -0.125. The van der Waals surface area contributed by atoms with E-state index in [1.807, 2.05) is 36.4 Å². The number of anilines is 1. The Morgan fingerprint density at radius 1 is 1.25 bits per heavy atom. The third-order valence-electron chi connectivity index (χ3n) is 4.09. The Balaban J connectivity index is 1.81. The molecule has 0 aliphatic carbocycles. The predicted molar refractivity (Wildman–Crippen MR) is 101 cm³/mol. The van der Waals surface area contributed by atoms with Crippen LogP contribution in [0.15, 0.2) is 42.5 Å². The number of amides is 1. The van der Waals surface area contributed by atoms with Gasteiger partial charge in [0, 0.05) is 9.99 Å². The van der Waals surface area contributed by atoms with E-state index >= 15 is 0 Å². The van der Waals surface area contributed by atoms with E-state index in [-0.39, 0.29) is 5.91 Å². The van der Waals surface area contributed by atoms with Crippen molar-refractivity contribution in [3.8, 4) is 0 Å². The molecule has 1 heterocycles. The van der Waals surface area contributed by atoms with Gasteiger partial charge < -0.3 is 10.1 Å². The van der Waals surface area contributed by atoms with Gasteiger partial charge in [-0.05, 0) is 57.8 Å². The van der Waals surface area contributed by atoms with Crippen LogP contribution in [0.5, 0.6) is 0 Å². The summed E-state index contributed by atoms with van der Waals surface area (Å²) >= 11 is 2.16. The third-order valence-corrected chi connectivity index (χ3v) is 5.04. The fourth-order valence-electron chi connectivity index (χ4n) is 2.70. The number of halogens is 1. The summed E-state index contributed by atoms with van der Waals surface area (Å²) in [5.74, 6) is -0.367. The first-order valence-corrected chi connectivity index (χ1v) is 8.93. The van der Waals surface area contributed by atoms with Crippen molar-refractivity contribution in [2.75, 3.05) is 5.32 Å². The highest BCUT2D eigenvalue weighted by atomic mass is 127. The number of ether oxygens (including phenoxy) is 1. The van der Waals surface area contributed by atoms with Crippen LogP contribution >= 0.6 is 22.6 Å². The largest absolute Gasteiger partial charge is 0.448 e. The van der Waals surface area contributed by atoms with Crippen molar-refractivity contribution >= 4 is 40.2 Å². The smallest absolute Gasteiger partial charge is 0.339 e. The summed E-state index contributed by atoms with van der Waals surface area (Å²) in [7, 11) is 0. The minimum absolute atomic E-state index is 0.298. The van der Waals surface area contributed by atoms with Gasteiger partial charge in [0.15, 0.2) is 6.10 Å². The SMILES string of the molecule is CC(C)c1ccc2c(c1)CC(C(=O)Nc1ccccc1I)OC2=O. The van der Waals surface area contributed by atoms with E-state index in [1.165, 1.54) is 0 Å². The summed E-state index contributed by atoms with van der Waals surface area (Å²) in [5, 5.41) is 2.84. The maximum atomic E-state index is 12.5. The van der Waals surface area contributed by atoms with E-state index < -0.39 is 12.1 Å². The molecule has 2 aromatic carbocycles. The zero-order valence-corrected chi connectivity index (χ0v) is 15.7. The van der Waals surface area contributed by atoms with E-state index in [2.05, 4.69) is 41.8 Å². The van der Waals surface area contributed by atoms with Gasteiger partial charge in [0.05, 0.1) is 11.3 Å². The lowest BCUT2D eigenvalue weighted by Crippen LogP contribution is -2.38. The molecular formula is C19H18INO3. The Morgan fingerprint density at radius 2 is 2.00 bits per heavy atom. The maximum absolute atomic E-state index is 12.5. The highest BCUT2D eigenvalue weighted by Gasteiger charge is 2.31. The minimum Gasteiger partial charge on any atom is -0.448 e. The fraction of sp³-hybridized carbons (Fsp3) is 0.263. The summed E-state index contributed by atoms with van der Waals surface area (Å²) < 4.78 is 6.27. The molecule has 0 aromatic heterocycles. The lowest BCUT2D eigenvalue weighted by Gasteiger charge is -2.25. The average Bonchev–Trinajstić information content (AvgIpc) is 2.56. The van der Waals surface area contributed by atoms with Crippen molar-refractivity contribution < 1.29 is 14.3 Å². The zero-order chi connectivity index (χ0) is 17.3. The average molecular weight is 435 g/mol. The second kappa shape index (κ2) is 6.93. The normalized spacial score (nSPS) is 16.5. The van der Waals surface area contributed by atoms with Crippen LogP contribution < -0.4 is 5.32 Å². The topological polar surface area (TPSA) is 55.4 Å². The molecule has 5 heteroatoms. The van der Waals surface area contributed by atoms with Crippen LogP contribution in [-0.2, 0) is 16.0 Å². The molecule has 0 saturated carbocycles. The van der Waals surface area contributed by atoms with Crippen molar-refractivity contribution in [3.63, 3.8) is 0 Å². The number of esters is 1. The van der Waals surface area contributed by atoms with Crippen molar-refractivity contribution in [2.45, 2.75) is 32.3 Å². The first kappa shape index (κ1) is 17.0. The van der Waals surface area contributed by atoms with Crippen molar-refractivity contribution in [3.05, 3.63) is 62.7 Å². The quantitative estimate of drug-likeness (QED) is 0.583. The Hall–Kier alpha value is -1.89. The molecule has 0 radical (unpaired) electrons. The highest BCUT2D eigenvalue weighted by molar-refractivity contribution is 14.1. The van der Waals surface area contributed by atoms with Gasteiger partial charge in [0.2, 0.25) is 0 Å². The number of carbonyl (C=O) groups excluding carboxylic acids is 2. The molecule has 1 atom stereocenters. The minimum atomic E-state index is -0.802. The molecule has 4 nitrogen and oxygen atoms in total. The summed E-state index contributed by atoms with van der Waals surface area (Å²) in [5.41, 5.74) is 3.30. The molecule has 124 valence electrons. The molecule has 3 rings (SSSR count). The van der Waals surface area contributed by atoms with Crippen LogP contribution in [0.2, 0.25) is 0 Å². The number of cyclic esters (lactones) is 1. The van der Waals surface area contributed by atoms with Gasteiger partial charge in [0.1, 0.15) is 0 Å². The summed E-state index contributed by atoms with van der Waals surface area (Å²) in [6, 6.07) is 13.2. The standard InChI is InChI=1S/C19H18INO3/c1-11(2)12-7-8-14-13(9-12)10-17(24-19(14)23)18(22)21-16-6-4-3-5-15(16)20/h3-9,11,17H,10H2,1-2H3,(H,21,22). The van der Waals surface area contributed by atoms with Crippen LogP contribution in [-0.4, -0.2) is 18.0 Å². The monoisotopic (exact) mass is 435 g/mol. The van der Waals surface area contributed by atoms with Gasteiger partial charge in [-0.3, -0.25) is 4.79 Å². The third kappa shape index (κ3) is 3.45. The van der Waals surface area contributed by atoms with E-state index in [0.717, 1.165) is 20.4 Å². The van der Waals surface area contributed by atoms with E-state index in [9.17, 15) is 9.59 Å². The number of fused-ring (bicyclic) bond motifs is 1. The lowest BCUT2D eigenvalue weighted by atomic mass is 9.92. The van der Waals surface area contributed by atoms with Gasteiger partial charge >= 0.3 is 5.97 Å². The molecule has 1 aliphatic rings. The van der Waals surface area contributed by atoms with Crippen LogP contribution in [0, 0.1) is 3.57 Å². The van der Waals surface area contributed by atoms with Crippen LogP contribution in [0.25, 0.3) is 0 Å². The first-order chi connectivity index (χ1) is 11.5. The van der Waals surface area contributed by atoms with Gasteiger partial charge in [0.25, 0.3) is 5.91 Å². The summed E-state index contributed by atoms with van der Waals surface area (Å²) in [6.07, 6.45) is -0.403. The number of carbonyl (C=O) groups is 2. The number of nitrogens with one attached hydrogen (secondary N) is 1. The second-order valence-corrected chi connectivity index (χ2v) is 7.30. The molecule has 1 N–H and O–H groups in total. The molecule has 2 aromatic rings. The molecule has 0 saturated heterocycles. The Kier molecular flexibility index (Phi) is 4.89. The Labute approximate surface area is 154 Å². The number of para-hydroxylation sites is 1. The molecule has 0 fully saturated rings. The first-order valence-electron chi connectivity index (χ1n) is 7.85. The summed E-state index contributed by atoms with van der Waals surface area (Å²) in [6.45, 7) is 4.20. The van der Waals surface area contributed by atoms with E-state index in [0.29, 0.717) is 17.9 Å². The predicted octanol–water partition coefficient (Wildman–Crippen LogP) is 4.13. The molecule has 0 bridgehead atoms. The number of rotatable bonds is 3. The summed E-state index contributed by atoms with van der Waals surface area (Å²) in [4.78, 5) is 24.7. The number of hydrogen-bond donors (Lipinski definition) is 1. The zero-order valence-electron chi connectivity index (χ0n) is 13.5. The van der Waals surface area contributed by atoms with Crippen LogP contribution in [0.3, 0.4) is 0 Å². The van der Waals surface area contributed by atoms with Gasteiger partial charge in [-0.15, -0.1) is 0 Å². The van der Waals surface area contributed by atoms with Crippen molar-refractivity contribution in [1.29, 1.82) is 0 Å². The van der Waals surface area contributed by atoms with Crippen molar-refractivity contribution in [1.82, 2.24) is 0 Å². The van der Waals surface area contributed by atoms with Gasteiger partial charge in [-0.25, -0.2) is 4.79 Å². The molecular weight excluding hydrogens is 417 g/mol. The van der Waals surface area contributed by atoms with Crippen molar-refractivity contribution in [2.24, 2.45) is 0 Å². The maximum Gasteiger partial charge on any atom is 0.339 e. The van der Waals surface area contributed by atoms with Crippen LogP contribution in [0.1, 0.15) is 41.3 Å². The highest BCUT2D eigenvalue weighted by Crippen LogP contribution is 2.26. The van der Waals surface area contributed by atoms with E-state index in [4.69, 9.17) is 4.74 Å².